The summed E-state index contributed by atoms with van der Waals surface area (Å²) in [6.07, 6.45) is 5.89. The average molecular weight is 481 g/mol. The minimum absolute atomic E-state index is 0.0418. The molecule has 0 radical (unpaired) electrons. The zero-order valence-corrected chi connectivity index (χ0v) is 20.9. The van der Waals surface area contributed by atoms with Gasteiger partial charge in [-0.1, -0.05) is 49.2 Å². The lowest BCUT2D eigenvalue weighted by molar-refractivity contribution is -0.127. The monoisotopic (exact) mass is 480 g/mol. The molecule has 0 aliphatic heterocycles. The number of nitrogens with zero attached hydrogens (tertiary/aromatic N) is 4. The largest absolute Gasteiger partial charge is 0.497 e. The van der Waals surface area contributed by atoms with Crippen molar-refractivity contribution >= 4 is 17.7 Å². The molecule has 1 amide bonds. The van der Waals surface area contributed by atoms with Crippen molar-refractivity contribution in [3.05, 3.63) is 54.1 Å². The summed E-state index contributed by atoms with van der Waals surface area (Å²) in [5, 5.41) is 9.85. The number of methoxy groups -OCH3 is 2. The molecular weight excluding hydrogens is 448 g/mol. The molecule has 8 heteroatoms. The molecule has 1 aromatic heterocycles. The molecule has 0 N–H and O–H groups in total. The van der Waals surface area contributed by atoms with E-state index in [-0.39, 0.29) is 5.91 Å². The Labute approximate surface area is 205 Å². The SMILES string of the molecule is COc1ccc(-c2nnc(SCC(=O)N(C)Cc3ccccc3OC)n2C2CCCCC2)cc1. The average Bonchev–Trinajstić information content (AvgIpc) is 3.32. The lowest BCUT2D eigenvalue weighted by Crippen LogP contribution is -2.28. The second-order valence-electron chi connectivity index (χ2n) is 8.55. The molecule has 1 aliphatic rings. The second-order valence-corrected chi connectivity index (χ2v) is 9.49. The number of para-hydroxylation sites is 1. The maximum Gasteiger partial charge on any atom is 0.233 e. The Morgan fingerprint density at radius 2 is 1.76 bits per heavy atom. The van der Waals surface area contributed by atoms with E-state index in [0.717, 1.165) is 46.4 Å². The molecule has 34 heavy (non-hydrogen) atoms. The predicted molar refractivity (Wildman–Crippen MR) is 134 cm³/mol. The highest BCUT2D eigenvalue weighted by molar-refractivity contribution is 7.99. The molecular formula is C26H32N4O3S. The van der Waals surface area contributed by atoms with Gasteiger partial charge in [0.2, 0.25) is 5.91 Å². The molecule has 3 aromatic rings. The summed E-state index contributed by atoms with van der Waals surface area (Å²) in [5.41, 5.74) is 1.99. The highest BCUT2D eigenvalue weighted by atomic mass is 32.2. The molecule has 0 saturated heterocycles. The van der Waals surface area contributed by atoms with Crippen molar-refractivity contribution in [1.29, 1.82) is 0 Å². The molecule has 1 fully saturated rings. The Bertz CT molecular complexity index is 1090. The minimum Gasteiger partial charge on any atom is -0.497 e. The summed E-state index contributed by atoms with van der Waals surface area (Å²) >= 11 is 1.46. The summed E-state index contributed by atoms with van der Waals surface area (Å²) in [6, 6.07) is 16.1. The smallest absolute Gasteiger partial charge is 0.233 e. The third kappa shape index (κ3) is 5.55. The van der Waals surface area contributed by atoms with Crippen LogP contribution in [0.2, 0.25) is 0 Å². The molecule has 0 unspecified atom stereocenters. The van der Waals surface area contributed by atoms with E-state index in [0.29, 0.717) is 18.3 Å². The van der Waals surface area contributed by atoms with Crippen molar-refractivity contribution < 1.29 is 14.3 Å². The van der Waals surface area contributed by atoms with Crippen LogP contribution in [-0.4, -0.2) is 52.6 Å². The van der Waals surface area contributed by atoms with E-state index >= 15 is 0 Å². The highest BCUT2D eigenvalue weighted by Gasteiger charge is 2.25. The number of aromatic nitrogens is 3. The second kappa shape index (κ2) is 11.4. The lowest BCUT2D eigenvalue weighted by Gasteiger charge is -2.26. The molecule has 1 saturated carbocycles. The first kappa shape index (κ1) is 24.1. The number of ether oxygens (including phenoxy) is 2. The van der Waals surface area contributed by atoms with Gasteiger partial charge in [0.05, 0.1) is 20.0 Å². The number of amides is 1. The number of rotatable bonds is 9. The van der Waals surface area contributed by atoms with Crippen molar-refractivity contribution in [1.82, 2.24) is 19.7 Å². The van der Waals surface area contributed by atoms with Gasteiger partial charge in [-0.05, 0) is 43.2 Å². The van der Waals surface area contributed by atoms with Crippen LogP contribution >= 0.6 is 11.8 Å². The first-order valence-corrected chi connectivity index (χ1v) is 12.7. The number of carbonyl (C=O) groups is 1. The Hall–Kier alpha value is -3.00. The fourth-order valence-corrected chi connectivity index (χ4v) is 5.34. The van der Waals surface area contributed by atoms with E-state index in [9.17, 15) is 4.79 Å². The Balaban J connectivity index is 1.50. The summed E-state index contributed by atoms with van der Waals surface area (Å²) in [4.78, 5) is 14.7. The molecule has 1 heterocycles. The summed E-state index contributed by atoms with van der Waals surface area (Å²) < 4.78 is 13.0. The van der Waals surface area contributed by atoms with Crippen LogP contribution in [0.4, 0.5) is 0 Å². The zero-order valence-electron chi connectivity index (χ0n) is 20.1. The quantitative estimate of drug-likeness (QED) is 0.391. The van der Waals surface area contributed by atoms with Crippen LogP contribution in [0.25, 0.3) is 11.4 Å². The zero-order chi connectivity index (χ0) is 23.9. The van der Waals surface area contributed by atoms with E-state index in [1.54, 1.807) is 19.1 Å². The number of thioether (sulfide) groups is 1. The van der Waals surface area contributed by atoms with Crippen molar-refractivity contribution in [2.24, 2.45) is 0 Å². The predicted octanol–water partition coefficient (Wildman–Crippen LogP) is 5.22. The van der Waals surface area contributed by atoms with E-state index in [2.05, 4.69) is 14.8 Å². The van der Waals surface area contributed by atoms with Gasteiger partial charge in [-0.3, -0.25) is 9.36 Å². The third-order valence-corrected chi connectivity index (χ3v) is 7.23. The fourth-order valence-electron chi connectivity index (χ4n) is 4.39. The van der Waals surface area contributed by atoms with Crippen LogP contribution in [0.5, 0.6) is 11.5 Å². The van der Waals surface area contributed by atoms with Crippen molar-refractivity contribution in [3.8, 4) is 22.9 Å². The van der Waals surface area contributed by atoms with Gasteiger partial charge in [0, 0.05) is 30.8 Å². The van der Waals surface area contributed by atoms with Gasteiger partial charge in [-0.25, -0.2) is 0 Å². The number of carbonyl (C=O) groups excluding carboxylic acids is 1. The molecule has 180 valence electrons. The Morgan fingerprint density at radius 1 is 1.03 bits per heavy atom. The standard InChI is InChI=1S/C26H32N4O3S/c1-29(17-20-9-7-8-12-23(20)33-3)24(31)18-34-26-28-27-25(19-13-15-22(32-2)16-14-19)30(26)21-10-5-4-6-11-21/h7-9,12-16,21H,4-6,10-11,17-18H2,1-3H3. The van der Waals surface area contributed by atoms with E-state index in [1.165, 1.54) is 31.0 Å². The van der Waals surface area contributed by atoms with Gasteiger partial charge in [0.1, 0.15) is 11.5 Å². The van der Waals surface area contributed by atoms with E-state index in [1.807, 2.05) is 55.6 Å². The first-order valence-electron chi connectivity index (χ1n) is 11.7. The normalized spacial score (nSPS) is 14.1. The Morgan fingerprint density at radius 3 is 2.47 bits per heavy atom. The van der Waals surface area contributed by atoms with Crippen LogP contribution in [0.1, 0.15) is 43.7 Å². The topological polar surface area (TPSA) is 69.5 Å². The summed E-state index contributed by atoms with van der Waals surface area (Å²) in [5.74, 6) is 2.80. The third-order valence-electron chi connectivity index (χ3n) is 6.30. The van der Waals surface area contributed by atoms with Crippen LogP contribution in [0.15, 0.2) is 53.7 Å². The van der Waals surface area contributed by atoms with Crippen LogP contribution in [-0.2, 0) is 11.3 Å². The van der Waals surface area contributed by atoms with Gasteiger partial charge in [0.15, 0.2) is 11.0 Å². The highest BCUT2D eigenvalue weighted by Crippen LogP contribution is 2.36. The number of benzene rings is 2. The van der Waals surface area contributed by atoms with Gasteiger partial charge in [0.25, 0.3) is 0 Å². The summed E-state index contributed by atoms with van der Waals surface area (Å²) in [7, 11) is 5.13. The van der Waals surface area contributed by atoms with Crippen molar-refractivity contribution in [3.63, 3.8) is 0 Å². The molecule has 4 rings (SSSR count). The lowest BCUT2D eigenvalue weighted by atomic mass is 9.95. The van der Waals surface area contributed by atoms with Gasteiger partial charge in [-0.2, -0.15) is 0 Å². The fraction of sp³-hybridized carbons (Fsp3) is 0.423. The summed E-state index contributed by atoms with van der Waals surface area (Å²) in [6.45, 7) is 0.496. The van der Waals surface area contributed by atoms with Crippen LogP contribution in [0, 0.1) is 0 Å². The van der Waals surface area contributed by atoms with Crippen LogP contribution in [0.3, 0.4) is 0 Å². The molecule has 0 atom stereocenters. The van der Waals surface area contributed by atoms with Gasteiger partial charge < -0.3 is 14.4 Å². The van der Waals surface area contributed by atoms with Crippen LogP contribution < -0.4 is 9.47 Å². The number of hydrogen-bond donors (Lipinski definition) is 0. The van der Waals surface area contributed by atoms with E-state index in [4.69, 9.17) is 9.47 Å². The molecule has 2 aromatic carbocycles. The van der Waals surface area contributed by atoms with Gasteiger partial charge >= 0.3 is 0 Å². The van der Waals surface area contributed by atoms with E-state index < -0.39 is 0 Å². The maximum atomic E-state index is 12.9. The molecule has 7 nitrogen and oxygen atoms in total. The maximum absolute atomic E-state index is 12.9. The first-order chi connectivity index (χ1) is 16.6. The minimum atomic E-state index is 0.0418. The molecule has 1 aliphatic carbocycles. The molecule has 0 spiro atoms. The Kier molecular flexibility index (Phi) is 8.11. The van der Waals surface area contributed by atoms with Gasteiger partial charge in [-0.15, -0.1) is 10.2 Å². The number of hydrogen-bond acceptors (Lipinski definition) is 6. The van der Waals surface area contributed by atoms with Crippen molar-refractivity contribution in [2.45, 2.75) is 49.8 Å². The van der Waals surface area contributed by atoms with Crippen molar-refractivity contribution in [2.75, 3.05) is 27.0 Å². The molecule has 0 bridgehead atoms.